The Balaban J connectivity index is 1.81. The van der Waals surface area contributed by atoms with Gasteiger partial charge in [-0.2, -0.15) is 0 Å². The first-order valence-electron chi connectivity index (χ1n) is 8.14. The van der Waals surface area contributed by atoms with E-state index in [9.17, 15) is 0 Å². The van der Waals surface area contributed by atoms with Crippen molar-refractivity contribution in [2.45, 2.75) is 32.1 Å². The SMILES string of the molecule is COc1cc(NCC2(CN)CCCCC2)nc2ccccc12. The van der Waals surface area contributed by atoms with Crippen molar-refractivity contribution in [1.82, 2.24) is 4.98 Å². The van der Waals surface area contributed by atoms with E-state index in [1.165, 1.54) is 32.1 Å². The highest BCUT2D eigenvalue weighted by molar-refractivity contribution is 5.86. The summed E-state index contributed by atoms with van der Waals surface area (Å²) in [6.07, 6.45) is 6.33. The first-order chi connectivity index (χ1) is 10.8. The van der Waals surface area contributed by atoms with E-state index in [1.807, 2.05) is 30.3 Å². The molecule has 3 rings (SSSR count). The second-order valence-corrected chi connectivity index (χ2v) is 6.35. The van der Waals surface area contributed by atoms with Crippen molar-refractivity contribution >= 4 is 16.7 Å². The van der Waals surface area contributed by atoms with E-state index < -0.39 is 0 Å². The van der Waals surface area contributed by atoms with Gasteiger partial charge in [0, 0.05) is 18.0 Å². The lowest BCUT2D eigenvalue weighted by molar-refractivity contribution is 0.215. The van der Waals surface area contributed by atoms with Gasteiger partial charge in [-0.3, -0.25) is 0 Å². The number of nitrogens with two attached hydrogens (primary N) is 1. The largest absolute Gasteiger partial charge is 0.496 e. The molecule has 1 aromatic carbocycles. The van der Waals surface area contributed by atoms with Crippen LogP contribution >= 0.6 is 0 Å². The Labute approximate surface area is 132 Å². The van der Waals surface area contributed by atoms with E-state index in [1.54, 1.807) is 7.11 Å². The van der Waals surface area contributed by atoms with Gasteiger partial charge in [-0.05, 0) is 36.9 Å². The maximum absolute atomic E-state index is 6.06. The number of anilines is 1. The van der Waals surface area contributed by atoms with Crippen LogP contribution in [0.3, 0.4) is 0 Å². The van der Waals surface area contributed by atoms with Crippen LogP contribution in [0, 0.1) is 5.41 Å². The van der Waals surface area contributed by atoms with Gasteiger partial charge in [0.25, 0.3) is 0 Å². The Morgan fingerprint density at radius 1 is 1.23 bits per heavy atom. The molecule has 0 bridgehead atoms. The molecule has 1 fully saturated rings. The molecule has 0 radical (unpaired) electrons. The quantitative estimate of drug-likeness (QED) is 0.886. The third-order valence-corrected chi connectivity index (χ3v) is 4.89. The molecule has 0 atom stereocenters. The van der Waals surface area contributed by atoms with Gasteiger partial charge in [0.2, 0.25) is 0 Å². The van der Waals surface area contributed by atoms with Gasteiger partial charge in [0.1, 0.15) is 11.6 Å². The molecular formula is C18H25N3O. The monoisotopic (exact) mass is 299 g/mol. The van der Waals surface area contributed by atoms with Crippen LogP contribution in [0.25, 0.3) is 10.9 Å². The van der Waals surface area contributed by atoms with Gasteiger partial charge in [-0.1, -0.05) is 31.4 Å². The number of methoxy groups -OCH3 is 1. The first kappa shape index (κ1) is 15.1. The first-order valence-corrected chi connectivity index (χ1v) is 8.14. The maximum Gasteiger partial charge on any atom is 0.131 e. The molecule has 0 saturated heterocycles. The fourth-order valence-corrected chi connectivity index (χ4v) is 3.44. The number of pyridine rings is 1. The summed E-state index contributed by atoms with van der Waals surface area (Å²) in [4.78, 5) is 4.70. The molecule has 3 N–H and O–H groups in total. The zero-order chi connectivity index (χ0) is 15.4. The van der Waals surface area contributed by atoms with Crippen LogP contribution in [-0.2, 0) is 0 Å². The molecule has 0 unspecified atom stereocenters. The van der Waals surface area contributed by atoms with Crippen LogP contribution in [0.5, 0.6) is 5.75 Å². The maximum atomic E-state index is 6.06. The third-order valence-electron chi connectivity index (χ3n) is 4.89. The summed E-state index contributed by atoms with van der Waals surface area (Å²) in [6.45, 7) is 1.63. The Hall–Kier alpha value is -1.81. The zero-order valence-electron chi connectivity index (χ0n) is 13.3. The molecule has 1 heterocycles. The number of hydrogen-bond acceptors (Lipinski definition) is 4. The van der Waals surface area contributed by atoms with Crippen LogP contribution in [0.4, 0.5) is 5.82 Å². The van der Waals surface area contributed by atoms with Crippen molar-refractivity contribution in [2.24, 2.45) is 11.1 Å². The van der Waals surface area contributed by atoms with E-state index in [-0.39, 0.29) is 5.41 Å². The van der Waals surface area contributed by atoms with Gasteiger partial charge in [0.15, 0.2) is 0 Å². The number of ether oxygens (including phenoxy) is 1. The van der Waals surface area contributed by atoms with Crippen LogP contribution in [0.15, 0.2) is 30.3 Å². The highest BCUT2D eigenvalue weighted by atomic mass is 16.5. The molecule has 1 aromatic heterocycles. The molecule has 0 aliphatic heterocycles. The van der Waals surface area contributed by atoms with Crippen LogP contribution in [0.2, 0.25) is 0 Å². The number of rotatable bonds is 5. The van der Waals surface area contributed by atoms with E-state index in [4.69, 9.17) is 15.5 Å². The van der Waals surface area contributed by atoms with E-state index >= 15 is 0 Å². The average molecular weight is 299 g/mol. The lowest BCUT2D eigenvalue weighted by atomic mass is 9.74. The molecule has 22 heavy (non-hydrogen) atoms. The Kier molecular flexibility index (Phi) is 4.48. The van der Waals surface area contributed by atoms with Crippen molar-refractivity contribution in [3.8, 4) is 5.75 Å². The number of para-hydroxylation sites is 1. The van der Waals surface area contributed by atoms with Crippen LogP contribution in [-0.4, -0.2) is 25.2 Å². The summed E-state index contributed by atoms with van der Waals surface area (Å²) in [5, 5.41) is 4.55. The summed E-state index contributed by atoms with van der Waals surface area (Å²) in [7, 11) is 1.70. The smallest absolute Gasteiger partial charge is 0.131 e. The van der Waals surface area contributed by atoms with Crippen molar-refractivity contribution < 1.29 is 4.74 Å². The summed E-state index contributed by atoms with van der Waals surface area (Å²) < 4.78 is 5.51. The highest BCUT2D eigenvalue weighted by Gasteiger charge is 2.30. The molecule has 1 aliphatic carbocycles. The fourth-order valence-electron chi connectivity index (χ4n) is 3.44. The zero-order valence-corrected chi connectivity index (χ0v) is 13.3. The minimum atomic E-state index is 0.221. The minimum Gasteiger partial charge on any atom is -0.496 e. The number of benzene rings is 1. The average Bonchev–Trinajstić information content (AvgIpc) is 2.60. The van der Waals surface area contributed by atoms with Crippen LogP contribution in [0.1, 0.15) is 32.1 Å². The lowest BCUT2D eigenvalue weighted by Gasteiger charge is -2.36. The molecule has 0 amide bonds. The van der Waals surface area contributed by atoms with E-state index in [0.717, 1.165) is 35.6 Å². The van der Waals surface area contributed by atoms with E-state index in [0.29, 0.717) is 0 Å². The van der Waals surface area contributed by atoms with Crippen molar-refractivity contribution in [1.29, 1.82) is 0 Å². The number of fused-ring (bicyclic) bond motifs is 1. The Morgan fingerprint density at radius 2 is 2.00 bits per heavy atom. The summed E-state index contributed by atoms with van der Waals surface area (Å²) >= 11 is 0. The second-order valence-electron chi connectivity index (χ2n) is 6.35. The lowest BCUT2D eigenvalue weighted by Crippen LogP contribution is -2.39. The number of nitrogens with one attached hydrogen (secondary N) is 1. The standard InChI is InChI=1S/C18H25N3O/c1-22-16-11-17(21-15-8-4-3-7-14(15)16)20-13-18(12-19)9-5-2-6-10-18/h3-4,7-8,11H,2,5-6,9-10,12-13,19H2,1H3,(H,20,21). The number of hydrogen-bond donors (Lipinski definition) is 2. The highest BCUT2D eigenvalue weighted by Crippen LogP contribution is 2.36. The molecule has 2 aromatic rings. The number of aromatic nitrogens is 1. The Bertz CT molecular complexity index is 635. The Morgan fingerprint density at radius 3 is 2.73 bits per heavy atom. The van der Waals surface area contributed by atoms with Crippen molar-refractivity contribution in [3.05, 3.63) is 30.3 Å². The third kappa shape index (κ3) is 3.02. The fraction of sp³-hybridized carbons (Fsp3) is 0.500. The molecular weight excluding hydrogens is 274 g/mol. The van der Waals surface area contributed by atoms with Crippen molar-refractivity contribution in [3.63, 3.8) is 0 Å². The number of nitrogens with zero attached hydrogens (tertiary/aromatic N) is 1. The van der Waals surface area contributed by atoms with Gasteiger partial charge in [-0.25, -0.2) is 4.98 Å². The van der Waals surface area contributed by atoms with E-state index in [2.05, 4.69) is 5.32 Å². The van der Waals surface area contributed by atoms with Crippen molar-refractivity contribution in [2.75, 3.05) is 25.5 Å². The molecule has 4 nitrogen and oxygen atoms in total. The summed E-state index contributed by atoms with van der Waals surface area (Å²) in [6, 6.07) is 10.0. The summed E-state index contributed by atoms with van der Waals surface area (Å²) in [5.74, 6) is 1.73. The normalized spacial score (nSPS) is 17.4. The van der Waals surface area contributed by atoms with Crippen LogP contribution < -0.4 is 15.8 Å². The van der Waals surface area contributed by atoms with Gasteiger partial charge < -0.3 is 15.8 Å². The van der Waals surface area contributed by atoms with Gasteiger partial charge >= 0.3 is 0 Å². The molecule has 1 aliphatic rings. The molecule has 1 saturated carbocycles. The molecule has 118 valence electrons. The van der Waals surface area contributed by atoms with Gasteiger partial charge in [0.05, 0.1) is 12.6 Å². The molecule has 0 spiro atoms. The predicted molar refractivity (Wildman–Crippen MR) is 91.4 cm³/mol. The summed E-state index contributed by atoms with van der Waals surface area (Å²) in [5.41, 5.74) is 7.24. The van der Waals surface area contributed by atoms with Gasteiger partial charge in [-0.15, -0.1) is 0 Å². The minimum absolute atomic E-state index is 0.221. The topological polar surface area (TPSA) is 60.2 Å². The predicted octanol–water partition coefficient (Wildman–Crippen LogP) is 3.56. The second kappa shape index (κ2) is 6.53. The molecule has 4 heteroatoms.